The molecule has 3 rings (SSSR count). The molecule has 0 unspecified atom stereocenters. The number of carbonyl (C=O) groups is 1. The van der Waals surface area contributed by atoms with Crippen LogP contribution in [0.5, 0.6) is 0 Å². The molecular formula is C19H36N4O2. The Morgan fingerprint density at radius 3 is 2.48 bits per heavy atom. The molecule has 3 fully saturated rings. The van der Waals surface area contributed by atoms with E-state index in [9.17, 15) is 9.90 Å². The lowest BCUT2D eigenvalue weighted by Gasteiger charge is -2.44. The minimum Gasteiger partial charge on any atom is -0.391 e. The van der Waals surface area contributed by atoms with Gasteiger partial charge in [-0.05, 0) is 64.2 Å². The van der Waals surface area contributed by atoms with Crippen LogP contribution in [-0.4, -0.2) is 91.3 Å². The summed E-state index contributed by atoms with van der Waals surface area (Å²) < 4.78 is 0. The normalized spacial score (nSPS) is 31.2. The first kappa shape index (κ1) is 18.9. The molecule has 0 aliphatic carbocycles. The van der Waals surface area contributed by atoms with E-state index in [0.717, 1.165) is 52.0 Å². The number of β-amino-alcohol motifs (C(OH)–C–C–N with tert-alkyl or cyclic N) is 1. The first-order valence-electron chi connectivity index (χ1n) is 10.1. The number of likely N-dealkylation sites (tertiary alicyclic amines) is 3. The molecule has 6 nitrogen and oxygen atoms in total. The number of nitrogens with one attached hydrogen (secondary N) is 1. The Morgan fingerprint density at radius 1 is 1.16 bits per heavy atom. The van der Waals surface area contributed by atoms with Crippen LogP contribution < -0.4 is 5.32 Å². The summed E-state index contributed by atoms with van der Waals surface area (Å²) in [6, 6.07) is 0.0472. The molecule has 0 spiro atoms. The van der Waals surface area contributed by atoms with Gasteiger partial charge in [-0.15, -0.1) is 0 Å². The van der Waals surface area contributed by atoms with E-state index in [4.69, 9.17) is 0 Å². The second-order valence-electron chi connectivity index (χ2n) is 8.85. The van der Waals surface area contributed by atoms with Gasteiger partial charge in [-0.25, -0.2) is 4.79 Å². The molecule has 6 heteroatoms. The minimum absolute atomic E-state index is 0.0472. The highest BCUT2D eigenvalue weighted by atomic mass is 16.3. The Morgan fingerprint density at radius 2 is 1.84 bits per heavy atom. The number of rotatable bonds is 4. The molecular weight excluding hydrogens is 316 g/mol. The topological polar surface area (TPSA) is 59.0 Å². The molecule has 25 heavy (non-hydrogen) atoms. The zero-order valence-corrected chi connectivity index (χ0v) is 16.0. The van der Waals surface area contributed by atoms with Crippen molar-refractivity contribution in [2.24, 2.45) is 11.3 Å². The maximum Gasteiger partial charge on any atom is 0.317 e. The summed E-state index contributed by atoms with van der Waals surface area (Å²) in [5.41, 5.74) is 0.378. The largest absolute Gasteiger partial charge is 0.391 e. The van der Waals surface area contributed by atoms with E-state index in [-0.39, 0.29) is 18.1 Å². The molecule has 0 bridgehead atoms. The number of aliphatic hydroxyl groups is 1. The molecule has 3 saturated heterocycles. The highest BCUT2D eigenvalue weighted by molar-refractivity contribution is 5.74. The minimum atomic E-state index is -0.331. The van der Waals surface area contributed by atoms with Crippen LogP contribution in [-0.2, 0) is 0 Å². The number of piperidine rings is 2. The lowest BCUT2D eigenvalue weighted by Crippen LogP contribution is -2.52. The van der Waals surface area contributed by atoms with Gasteiger partial charge in [-0.1, -0.05) is 6.92 Å². The van der Waals surface area contributed by atoms with Crippen LogP contribution in [0.1, 0.15) is 39.0 Å². The summed E-state index contributed by atoms with van der Waals surface area (Å²) >= 11 is 0. The fraction of sp³-hybridized carbons (Fsp3) is 0.947. The van der Waals surface area contributed by atoms with Crippen LogP contribution in [0.15, 0.2) is 0 Å². The van der Waals surface area contributed by atoms with Gasteiger partial charge in [0.15, 0.2) is 0 Å². The van der Waals surface area contributed by atoms with Crippen LogP contribution in [0.25, 0.3) is 0 Å². The van der Waals surface area contributed by atoms with Gasteiger partial charge >= 0.3 is 6.03 Å². The van der Waals surface area contributed by atoms with E-state index in [1.807, 2.05) is 4.90 Å². The molecule has 0 aromatic rings. The first-order chi connectivity index (χ1) is 12.0. The van der Waals surface area contributed by atoms with Gasteiger partial charge in [0.25, 0.3) is 0 Å². The molecule has 3 aliphatic heterocycles. The molecule has 144 valence electrons. The number of nitrogens with zero attached hydrogens (tertiary/aromatic N) is 3. The van der Waals surface area contributed by atoms with Crippen molar-refractivity contribution in [2.75, 3.05) is 59.4 Å². The Kier molecular flexibility index (Phi) is 6.23. The van der Waals surface area contributed by atoms with Crippen molar-refractivity contribution >= 4 is 6.03 Å². The highest BCUT2D eigenvalue weighted by Crippen LogP contribution is 2.32. The fourth-order valence-electron chi connectivity index (χ4n) is 4.53. The average Bonchev–Trinajstić information content (AvgIpc) is 3.11. The molecule has 3 aliphatic rings. The maximum atomic E-state index is 12.1. The quantitative estimate of drug-likeness (QED) is 0.798. The average molecular weight is 353 g/mol. The van der Waals surface area contributed by atoms with Crippen molar-refractivity contribution in [1.82, 2.24) is 20.0 Å². The van der Waals surface area contributed by atoms with Crippen LogP contribution in [0.2, 0.25) is 0 Å². The molecule has 2 amide bonds. The predicted octanol–water partition coefficient (Wildman–Crippen LogP) is 1.21. The van der Waals surface area contributed by atoms with Gasteiger partial charge in [-0.2, -0.15) is 0 Å². The zero-order chi connectivity index (χ0) is 17.9. The molecule has 0 radical (unpaired) electrons. The van der Waals surface area contributed by atoms with Gasteiger partial charge in [0, 0.05) is 38.6 Å². The summed E-state index contributed by atoms with van der Waals surface area (Å²) in [6.45, 7) is 9.98. The van der Waals surface area contributed by atoms with Crippen LogP contribution in [0.4, 0.5) is 4.79 Å². The van der Waals surface area contributed by atoms with Crippen molar-refractivity contribution < 1.29 is 9.90 Å². The van der Waals surface area contributed by atoms with Gasteiger partial charge < -0.3 is 25.1 Å². The third kappa shape index (κ3) is 5.08. The third-order valence-electron chi connectivity index (χ3n) is 6.51. The van der Waals surface area contributed by atoms with Crippen molar-refractivity contribution in [3.63, 3.8) is 0 Å². The summed E-state index contributed by atoms with van der Waals surface area (Å²) in [5.74, 6) is 0.188. The van der Waals surface area contributed by atoms with Crippen LogP contribution in [0.3, 0.4) is 0 Å². The Balaban J connectivity index is 1.40. The third-order valence-corrected chi connectivity index (χ3v) is 6.51. The van der Waals surface area contributed by atoms with Crippen LogP contribution in [0, 0.1) is 11.3 Å². The lowest BCUT2D eigenvalue weighted by molar-refractivity contribution is -0.00338. The van der Waals surface area contributed by atoms with Gasteiger partial charge in [0.1, 0.15) is 0 Å². The Hall–Kier alpha value is -0.850. The standard InChI is InChI=1S/C19H36N4O2/c1-19(6-11-21(2)12-7-19)15-22-10-5-16(17(24)14-22)13-20-18(25)23-8-3-4-9-23/h16-17,24H,3-15H2,1-2H3,(H,20,25)/t16-,17+/m0/s1. The molecule has 0 saturated carbocycles. The molecule has 2 atom stereocenters. The Bertz CT molecular complexity index is 445. The van der Waals surface area contributed by atoms with Crippen LogP contribution >= 0.6 is 0 Å². The first-order valence-corrected chi connectivity index (χ1v) is 10.1. The van der Waals surface area contributed by atoms with Crippen molar-refractivity contribution in [2.45, 2.75) is 45.1 Å². The van der Waals surface area contributed by atoms with E-state index >= 15 is 0 Å². The molecule has 2 N–H and O–H groups in total. The van der Waals surface area contributed by atoms with Crippen molar-refractivity contribution in [3.05, 3.63) is 0 Å². The molecule has 0 aromatic carbocycles. The summed E-state index contributed by atoms with van der Waals surface area (Å²) in [4.78, 5) is 18.8. The van der Waals surface area contributed by atoms with E-state index in [0.29, 0.717) is 12.0 Å². The number of aliphatic hydroxyl groups excluding tert-OH is 1. The second-order valence-corrected chi connectivity index (χ2v) is 8.85. The summed E-state index contributed by atoms with van der Waals surface area (Å²) in [7, 11) is 2.20. The van der Waals surface area contributed by atoms with E-state index in [1.165, 1.54) is 25.9 Å². The van der Waals surface area contributed by atoms with Crippen molar-refractivity contribution in [1.29, 1.82) is 0 Å². The second kappa shape index (κ2) is 8.23. The number of hydrogen-bond donors (Lipinski definition) is 2. The molecule has 0 aromatic heterocycles. The highest BCUT2D eigenvalue weighted by Gasteiger charge is 2.35. The van der Waals surface area contributed by atoms with E-state index in [1.54, 1.807) is 0 Å². The fourth-order valence-corrected chi connectivity index (χ4v) is 4.53. The smallest absolute Gasteiger partial charge is 0.317 e. The maximum absolute atomic E-state index is 12.1. The van der Waals surface area contributed by atoms with Gasteiger partial charge in [-0.3, -0.25) is 0 Å². The van der Waals surface area contributed by atoms with Gasteiger partial charge in [0.05, 0.1) is 6.10 Å². The zero-order valence-electron chi connectivity index (χ0n) is 16.0. The monoisotopic (exact) mass is 352 g/mol. The number of hydrogen-bond acceptors (Lipinski definition) is 4. The summed E-state index contributed by atoms with van der Waals surface area (Å²) in [6.07, 6.45) is 5.35. The SMILES string of the molecule is CN1CCC(C)(CN2CC[C@@H](CNC(=O)N3CCCC3)[C@H](O)C2)CC1. The molecule has 3 heterocycles. The van der Waals surface area contributed by atoms with E-state index in [2.05, 4.69) is 29.1 Å². The summed E-state index contributed by atoms with van der Waals surface area (Å²) in [5, 5.41) is 13.6. The van der Waals surface area contributed by atoms with E-state index < -0.39 is 0 Å². The predicted molar refractivity (Wildman–Crippen MR) is 99.6 cm³/mol. The van der Waals surface area contributed by atoms with Gasteiger partial charge in [0.2, 0.25) is 0 Å². The lowest BCUT2D eigenvalue weighted by atomic mass is 9.79. The number of urea groups is 1. The van der Waals surface area contributed by atoms with Crippen molar-refractivity contribution in [3.8, 4) is 0 Å². The Labute approximate surface area is 152 Å². The number of carbonyl (C=O) groups excluding carboxylic acids is 1. The number of amides is 2.